The number of rotatable bonds is 7. The molecule has 0 saturated carbocycles. The number of carbonyl (C=O) groups excluding carboxylic acids is 1. The number of nitrogens with zero attached hydrogens (tertiary/aromatic N) is 1. The van der Waals surface area contributed by atoms with Gasteiger partial charge in [0.15, 0.2) is 5.43 Å². The summed E-state index contributed by atoms with van der Waals surface area (Å²) in [5.74, 6) is -0.788. The molecule has 1 amide bonds. The molecule has 5 nitrogen and oxygen atoms in total. The molecule has 31 heavy (non-hydrogen) atoms. The SMILES string of the molecule is CC[NH+](CC)CCCN1C(=O)c2oc3ccc(Br)cc3c(=O)c2[C@@H]1c1ccccc1F. The van der Waals surface area contributed by atoms with Crippen molar-refractivity contribution in [1.29, 1.82) is 0 Å². The molecule has 0 aliphatic carbocycles. The molecule has 2 aromatic carbocycles. The fourth-order valence-electron chi connectivity index (χ4n) is 4.35. The second-order valence-electron chi connectivity index (χ2n) is 7.80. The summed E-state index contributed by atoms with van der Waals surface area (Å²) in [5, 5.41) is 0.372. The Morgan fingerprint density at radius 3 is 2.58 bits per heavy atom. The minimum atomic E-state index is -0.796. The maximum absolute atomic E-state index is 14.8. The Labute approximate surface area is 188 Å². The van der Waals surface area contributed by atoms with E-state index in [9.17, 15) is 14.0 Å². The van der Waals surface area contributed by atoms with Crippen LogP contribution in [-0.2, 0) is 0 Å². The van der Waals surface area contributed by atoms with E-state index in [-0.39, 0.29) is 22.7 Å². The molecule has 0 fully saturated rings. The van der Waals surface area contributed by atoms with E-state index in [1.165, 1.54) is 11.0 Å². The van der Waals surface area contributed by atoms with Gasteiger partial charge in [0.1, 0.15) is 11.4 Å². The van der Waals surface area contributed by atoms with Gasteiger partial charge in [-0.05, 0) is 38.1 Å². The van der Waals surface area contributed by atoms with Crippen LogP contribution in [0.2, 0.25) is 0 Å². The fourth-order valence-corrected chi connectivity index (χ4v) is 4.71. The first-order valence-electron chi connectivity index (χ1n) is 10.6. The quantitative estimate of drug-likeness (QED) is 0.554. The average Bonchev–Trinajstić information content (AvgIpc) is 3.04. The molecule has 1 aromatic heterocycles. The minimum Gasteiger partial charge on any atom is -0.450 e. The normalized spacial score (nSPS) is 15.8. The number of fused-ring (bicyclic) bond motifs is 2. The Kier molecular flexibility index (Phi) is 6.25. The van der Waals surface area contributed by atoms with E-state index >= 15 is 0 Å². The monoisotopic (exact) mass is 487 g/mol. The zero-order valence-corrected chi connectivity index (χ0v) is 19.2. The van der Waals surface area contributed by atoms with Crippen LogP contribution in [-0.4, -0.2) is 37.0 Å². The largest absolute Gasteiger partial charge is 0.450 e. The van der Waals surface area contributed by atoms with Gasteiger partial charge < -0.3 is 14.2 Å². The van der Waals surface area contributed by atoms with Gasteiger partial charge in [0, 0.05) is 23.0 Å². The lowest BCUT2D eigenvalue weighted by molar-refractivity contribution is -0.896. The maximum atomic E-state index is 14.8. The first-order chi connectivity index (χ1) is 15.0. The van der Waals surface area contributed by atoms with Crippen LogP contribution in [0.5, 0.6) is 0 Å². The number of amides is 1. The number of halogens is 2. The summed E-state index contributed by atoms with van der Waals surface area (Å²) in [7, 11) is 0. The highest BCUT2D eigenvalue weighted by Crippen LogP contribution is 2.39. The van der Waals surface area contributed by atoms with E-state index in [0.717, 1.165) is 30.5 Å². The molecule has 7 heteroatoms. The Morgan fingerprint density at radius 1 is 1.13 bits per heavy atom. The second-order valence-corrected chi connectivity index (χ2v) is 8.71. The molecule has 1 N–H and O–H groups in total. The van der Waals surface area contributed by atoms with Crippen LogP contribution in [0.25, 0.3) is 11.0 Å². The molecule has 3 aromatic rings. The Bertz CT molecular complexity index is 1190. The summed E-state index contributed by atoms with van der Waals surface area (Å²) in [6, 6.07) is 10.6. The standard InChI is InChI=1S/C24H24BrFN2O3/c1-3-27(4-2)12-7-13-28-21(16-8-5-6-9-18(16)26)20-22(29)17-14-15(25)10-11-19(17)31-23(20)24(28)30/h5-6,8-11,14,21H,3-4,7,12-13H2,1-2H3/p+1/t21-/m0/s1. The van der Waals surface area contributed by atoms with E-state index in [4.69, 9.17) is 4.42 Å². The van der Waals surface area contributed by atoms with Crippen molar-refractivity contribution >= 4 is 32.8 Å². The highest BCUT2D eigenvalue weighted by Gasteiger charge is 2.43. The molecule has 0 radical (unpaired) electrons. The van der Waals surface area contributed by atoms with E-state index in [2.05, 4.69) is 29.8 Å². The summed E-state index contributed by atoms with van der Waals surface area (Å²) in [6.45, 7) is 7.58. The Morgan fingerprint density at radius 2 is 1.87 bits per heavy atom. The van der Waals surface area contributed by atoms with Gasteiger partial charge in [0.25, 0.3) is 5.91 Å². The third-order valence-corrected chi connectivity index (χ3v) is 6.55. The third kappa shape index (κ3) is 3.92. The van der Waals surface area contributed by atoms with Crippen LogP contribution in [0.3, 0.4) is 0 Å². The van der Waals surface area contributed by atoms with Crippen LogP contribution in [0.1, 0.15) is 48.0 Å². The molecule has 1 aliphatic heterocycles. The zero-order valence-electron chi connectivity index (χ0n) is 17.6. The van der Waals surface area contributed by atoms with Crippen molar-refractivity contribution in [2.24, 2.45) is 0 Å². The van der Waals surface area contributed by atoms with Crippen molar-refractivity contribution < 1.29 is 18.5 Å². The van der Waals surface area contributed by atoms with Crippen molar-refractivity contribution in [3.05, 3.63) is 79.9 Å². The molecule has 162 valence electrons. The molecule has 0 saturated heterocycles. The summed E-state index contributed by atoms with van der Waals surface area (Å²) >= 11 is 3.38. The summed E-state index contributed by atoms with van der Waals surface area (Å²) < 4.78 is 21.5. The van der Waals surface area contributed by atoms with Crippen LogP contribution >= 0.6 is 15.9 Å². The number of hydrogen-bond donors (Lipinski definition) is 1. The summed E-state index contributed by atoms with van der Waals surface area (Å²) in [6.07, 6.45) is 0.751. The van der Waals surface area contributed by atoms with E-state index in [1.54, 1.807) is 41.3 Å². The van der Waals surface area contributed by atoms with Crippen molar-refractivity contribution in [1.82, 2.24) is 4.90 Å². The molecule has 1 atom stereocenters. The van der Waals surface area contributed by atoms with Gasteiger partial charge in [-0.1, -0.05) is 34.1 Å². The first kappa shape index (κ1) is 21.7. The zero-order chi connectivity index (χ0) is 22.1. The lowest BCUT2D eigenvalue weighted by Gasteiger charge is -2.26. The van der Waals surface area contributed by atoms with E-state index < -0.39 is 11.9 Å². The fraction of sp³-hybridized carbons (Fsp3) is 0.333. The number of benzene rings is 2. The smallest absolute Gasteiger partial charge is 0.290 e. The first-order valence-corrected chi connectivity index (χ1v) is 11.4. The van der Waals surface area contributed by atoms with Gasteiger partial charge >= 0.3 is 0 Å². The van der Waals surface area contributed by atoms with Gasteiger partial charge in [-0.3, -0.25) is 9.59 Å². The Hall–Kier alpha value is -2.51. The predicted octanol–water partition coefficient (Wildman–Crippen LogP) is 3.55. The van der Waals surface area contributed by atoms with Gasteiger partial charge in [0.2, 0.25) is 5.76 Å². The maximum Gasteiger partial charge on any atom is 0.290 e. The van der Waals surface area contributed by atoms with Crippen molar-refractivity contribution in [2.75, 3.05) is 26.2 Å². The number of nitrogens with one attached hydrogen (secondary N) is 1. The minimum absolute atomic E-state index is 0.0169. The molecule has 0 spiro atoms. The lowest BCUT2D eigenvalue weighted by Crippen LogP contribution is -3.11. The predicted molar refractivity (Wildman–Crippen MR) is 121 cm³/mol. The van der Waals surface area contributed by atoms with Crippen LogP contribution in [0.4, 0.5) is 4.39 Å². The Balaban J connectivity index is 1.82. The van der Waals surface area contributed by atoms with Crippen molar-refractivity contribution in [2.45, 2.75) is 26.3 Å². The topological polar surface area (TPSA) is 55.0 Å². The van der Waals surface area contributed by atoms with Crippen LogP contribution in [0, 0.1) is 5.82 Å². The number of hydrogen-bond acceptors (Lipinski definition) is 3. The van der Waals surface area contributed by atoms with Crippen LogP contribution < -0.4 is 10.3 Å². The second kappa shape index (κ2) is 8.93. The van der Waals surface area contributed by atoms with E-state index in [0.29, 0.717) is 23.1 Å². The molecule has 0 bridgehead atoms. The lowest BCUT2D eigenvalue weighted by atomic mass is 9.98. The van der Waals surface area contributed by atoms with Gasteiger partial charge in [-0.2, -0.15) is 0 Å². The van der Waals surface area contributed by atoms with Gasteiger partial charge in [-0.15, -0.1) is 0 Å². The highest BCUT2D eigenvalue weighted by atomic mass is 79.9. The van der Waals surface area contributed by atoms with E-state index in [1.807, 2.05) is 0 Å². The highest BCUT2D eigenvalue weighted by molar-refractivity contribution is 9.10. The molecule has 4 rings (SSSR count). The van der Waals surface area contributed by atoms with Gasteiger partial charge in [-0.25, -0.2) is 4.39 Å². The molecular formula is C24H25BrFN2O3+. The summed E-state index contributed by atoms with van der Waals surface area (Å²) in [5.41, 5.74) is 0.584. The molecule has 1 aliphatic rings. The molecule has 0 unspecified atom stereocenters. The average molecular weight is 488 g/mol. The third-order valence-electron chi connectivity index (χ3n) is 6.06. The van der Waals surface area contributed by atoms with Crippen molar-refractivity contribution in [3.63, 3.8) is 0 Å². The number of carbonyl (C=O) groups is 1. The van der Waals surface area contributed by atoms with Gasteiger partial charge in [0.05, 0.1) is 36.6 Å². The van der Waals surface area contributed by atoms with Crippen molar-refractivity contribution in [3.8, 4) is 0 Å². The molecule has 2 heterocycles. The molecular weight excluding hydrogens is 463 g/mol. The summed E-state index contributed by atoms with van der Waals surface area (Å²) in [4.78, 5) is 29.8. The van der Waals surface area contributed by atoms with Crippen LogP contribution in [0.15, 0.2) is 56.1 Å². The number of quaternary nitrogens is 1.